The van der Waals surface area contributed by atoms with Crippen LogP contribution < -0.4 is 15.4 Å². The Morgan fingerprint density at radius 1 is 1.35 bits per heavy atom. The van der Waals surface area contributed by atoms with Gasteiger partial charge in [-0.25, -0.2) is 4.79 Å². The first-order valence-corrected chi connectivity index (χ1v) is 12.1. The van der Waals surface area contributed by atoms with Crippen molar-refractivity contribution >= 4 is 23.6 Å². The number of carbonyl (C=O) groups is 2. The predicted octanol–water partition coefficient (Wildman–Crippen LogP) is 3.55. The number of hydrogen-bond acceptors (Lipinski definition) is 6. The third-order valence-electron chi connectivity index (χ3n) is 6.48. The maximum absolute atomic E-state index is 13.4. The number of carbonyl (C=O) groups excluding carboxylic acids is 2. The first-order valence-electron chi connectivity index (χ1n) is 11.7. The fourth-order valence-corrected chi connectivity index (χ4v) is 4.82. The van der Waals surface area contributed by atoms with E-state index in [0.717, 1.165) is 25.1 Å². The van der Waals surface area contributed by atoms with E-state index in [1.165, 1.54) is 0 Å². The van der Waals surface area contributed by atoms with Crippen LogP contribution in [-0.2, 0) is 16.0 Å². The van der Waals surface area contributed by atoms with Gasteiger partial charge in [0.25, 0.3) is 0 Å². The van der Waals surface area contributed by atoms with Crippen LogP contribution in [0, 0.1) is 16.7 Å². The molecule has 1 saturated heterocycles. The molecule has 3 aliphatic heterocycles. The number of rotatable bonds is 2. The molecule has 1 unspecified atom stereocenters. The topological polar surface area (TPSA) is 104 Å². The van der Waals surface area contributed by atoms with Crippen LogP contribution in [0.3, 0.4) is 0 Å². The van der Waals surface area contributed by atoms with Crippen LogP contribution in [0.15, 0.2) is 30.4 Å². The molecule has 2 atom stereocenters. The number of benzene rings is 1. The Kier molecular flexibility index (Phi) is 7.06. The average molecular weight is 487 g/mol. The Morgan fingerprint density at radius 3 is 2.85 bits per heavy atom. The SMILES string of the molecule is CC1(C)CC2C(=O)N[C@@H](OC(=O)NC3(C#N)CC3)Cc3ccc(c(Cl)c3)OC/C=C/CCN2C1. The van der Waals surface area contributed by atoms with E-state index in [2.05, 4.69) is 35.5 Å². The molecule has 4 aliphatic rings. The molecule has 0 spiro atoms. The number of halogens is 1. The number of amides is 2. The first kappa shape index (κ1) is 24.4. The highest BCUT2D eigenvalue weighted by Gasteiger charge is 2.46. The molecule has 2 bridgehead atoms. The van der Waals surface area contributed by atoms with Gasteiger partial charge in [-0.2, -0.15) is 5.26 Å². The molecule has 2 fully saturated rings. The number of alkyl carbamates (subject to hydrolysis) is 1. The summed E-state index contributed by atoms with van der Waals surface area (Å²) in [5, 5.41) is 15.3. The summed E-state index contributed by atoms with van der Waals surface area (Å²) in [6.07, 6.45) is 5.28. The quantitative estimate of drug-likeness (QED) is 0.619. The van der Waals surface area contributed by atoms with Crippen molar-refractivity contribution in [3.8, 4) is 11.8 Å². The van der Waals surface area contributed by atoms with Crippen molar-refractivity contribution in [2.75, 3.05) is 19.7 Å². The van der Waals surface area contributed by atoms with Crippen LogP contribution in [0.25, 0.3) is 0 Å². The third kappa shape index (κ3) is 6.02. The molecule has 5 rings (SSSR count). The number of nitriles is 1. The summed E-state index contributed by atoms with van der Waals surface area (Å²) in [5.41, 5.74) is -0.0793. The highest BCUT2D eigenvalue weighted by atomic mass is 35.5. The van der Waals surface area contributed by atoms with E-state index in [1.54, 1.807) is 12.1 Å². The van der Waals surface area contributed by atoms with E-state index in [4.69, 9.17) is 21.1 Å². The summed E-state index contributed by atoms with van der Waals surface area (Å²) in [6.45, 7) is 6.26. The fourth-order valence-electron chi connectivity index (χ4n) is 4.56. The number of hydrogen-bond donors (Lipinski definition) is 2. The molecule has 2 N–H and O–H groups in total. The van der Waals surface area contributed by atoms with E-state index >= 15 is 0 Å². The van der Waals surface area contributed by atoms with Gasteiger partial charge in [0.2, 0.25) is 5.91 Å². The predicted molar refractivity (Wildman–Crippen MR) is 127 cm³/mol. The standard InChI is InChI=1S/C25H31ClN4O4/c1-24(2)14-19-22(31)28-21(34-23(32)29-25(15-27)8-9-25)13-17-6-7-20(18(26)12-17)33-11-5-3-4-10-30(19)16-24/h3,5-7,12,19,21H,4,8-11,13-14,16H2,1-2H3,(H,28,31)(H,29,32)/b5-3+/t19?,21-/m0/s1. The second-order valence-corrected chi connectivity index (χ2v) is 10.5. The summed E-state index contributed by atoms with van der Waals surface area (Å²) in [5.74, 6) is 0.388. The van der Waals surface area contributed by atoms with Crippen molar-refractivity contribution in [2.45, 2.75) is 63.8 Å². The van der Waals surface area contributed by atoms with Gasteiger partial charge in [-0.15, -0.1) is 0 Å². The molecule has 1 saturated carbocycles. The smallest absolute Gasteiger partial charge is 0.410 e. The second-order valence-electron chi connectivity index (χ2n) is 10.1. The molecule has 0 radical (unpaired) electrons. The minimum Gasteiger partial charge on any atom is -0.488 e. The summed E-state index contributed by atoms with van der Waals surface area (Å²) in [7, 11) is 0. The van der Waals surface area contributed by atoms with Crippen molar-refractivity contribution in [2.24, 2.45) is 5.41 Å². The number of nitrogens with zero attached hydrogens (tertiary/aromatic N) is 2. The molecular weight excluding hydrogens is 456 g/mol. The molecular formula is C25H31ClN4O4. The van der Waals surface area contributed by atoms with Crippen molar-refractivity contribution in [3.05, 3.63) is 40.9 Å². The molecule has 3 heterocycles. The highest BCUT2D eigenvalue weighted by molar-refractivity contribution is 6.32. The lowest BCUT2D eigenvalue weighted by molar-refractivity contribution is -0.128. The zero-order chi connectivity index (χ0) is 24.3. The Morgan fingerprint density at radius 2 is 2.15 bits per heavy atom. The van der Waals surface area contributed by atoms with Gasteiger partial charge < -0.3 is 20.1 Å². The fraction of sp³-hybridized carbons (Fsp3) is 0.560. The van der Waals surface area contributed by atoms with E-state index in [1.807, 2.05) is 18.2 Å². The van der Waals surface area contributed by atoms with Crippen molar-refractivity contribution in [1.82, 2.24) is 15.5 Å². The van der Waals surface area contributed by atoms with Crippen molar-refractivity contribution < 1.29 is 19.1 Å². The molecule has 1 aromatic rings. The Labute approximate surface area is 205 Å². The van der Waals surface area contributed by atoms with Crippen LogP contribution in [0.2, 0.25) is 5.02 Å². The average Bonchev–Trinajstić information content (AvgIpc) is 3.46. The van der Waals surface area contributed by atoms with E-state index < -0.39 is 17.9 Å². The molecule has 1 aromatic carbocycles. The third-order valence-corrected chi connectivity index (χ3v) is 6.78. The minimum absolute atomic E-state index is 0.000305. The highest BCUT2D eigenvalue weighted by Crippen LogP contribution is 2.35. The minimum atomic E-state index is -0.914. The van der Waals surface area contributed by atoms with Gasteiger partial charge >= 0.3 is 6.09 Å². The Bertz CT molecular complexity index is 1010. The molecule has 182 valence electrons. The van der Waals surface area contributed by atoms with Crippen LogP contribution in [-0.4, -0.2) is 54.4 Å². The lowest BCUT2D eigenvalue weighted by Crippen LogP contribution is -2.50. The van der Waals surface area contributed by atoms with Crippen LogP contribution in [0.1, 0.15) is 45.1 Å². The number of ether oxygens (including phenoxy) is 2. The number of nitrogens with one attached hydrogen (secondary N) is 2. The van der Waals surface area contributed by atoms with Gasteiger partial charge in [-0.05, 0) is 48.8 Å². The molecule has 0 aromatic heterocycles. The van der Waals surface area contributed by atoms with Crippen LogP contribution in [0.5, 0.6) is 5.75 Å². The molecule has 9 heteroatoms. The van der Waals surface area contributed by atoms with Crippen molar-refractivity contribution in [3.63, 3.8) is 0 Å². The van der Waals surface area contributed by atoms with E-state index in [9.17, 15) is 14.9 Å². The van der Waals surface area contributed by atoms with Gasteiger partial charge in [-0.1, -0.05) is 43.7 Å². The van der Waals surface area contributed by atoms with Gasteiger partial charge in [0.15, 0.2) is 6.23 Å². The molecule has 2 amide bonds. The van der Waals surface area contributed by atoms with Gasteiger partial charge in [0.05, 0.1) is 17.1 Å². The Balaban J connectivity index is 1.56. The maximum atomic E-state index is 13.4. The lowest BCUT2D eigenvalue weighted by atomic mass is 9.90. The molecule has 34 heavy (non-hydrogen) atoms. The monoisotopic (exact) mass is 486 g/mol. The van der Waals surface area contributed by atoms with Gasteiger partial charge in [0.1, 0.15) is 17.9 Å². The zero-order valence-corrected chi connectivity index (χ0v) is 20.4. The van der Waals surface area contributed by atoms with Gasteiger partial charge in [-0.3, -0.25) is 9.69 Å². The summed E-state index contributed by atoms with van der Waals surface area (Å²) in [4.78, 5) is 28.1. The first-order chi connectivity index (χ1) is 16.2. The molecule has 1 aliphatic carbocycles. The Hall–Kier alpha value is -2.76. The second kappa shape index (κ2) is 9.85. The molecule has 8 nitrogen and oxygen atoms in total. The van der Waals surface area contributed by atoms with E-state index in [-0.39, 0.29) is 23.8 Å². The van der Waals surface area contributed by atoms with E-state index in [0.29, 0.717) is 36.6 Å². The summed E-state index contributed by atoms with van der Waals surface area (Å²) in [6, 6.07) is 7.14. The van der Waals surface area contributed by atoms with Crippen LogP contribution >= 0.6 is 11.6 Å². The summed E-state index contributed by atoms with van der Waals surface area (Å²) < 4.78 is 11.4. The largest absolute Gasteiger partial charge is 0.488 e. The zero-order valence-electron chi connectivity index (χ0n) is 19.6. The van der Waals surface area contributed by atoms with Gasteiger partial charge in [0, 0.05) is 19.5 Å². The number of fused-ring (bicyclic) bond motifs is 9. The lowest BCUT2D eigenvalue weighted by Gasteiger charge is -2.26. The normalized spacial score (nSPS) is 26.9. The summed E-state index contributed by atoms with van der Waals surface area (Å²) >= 11 is 6.39. The maximum Gasteiger partial charge on any atom is 0.410 e. The van der Waals surface area contributed by atoms with Crippen LogP contribution in [0.4, 0.5) is 4.79 Å². The van der Waals surface area contributed by atoms with Crippen molar-refractivity contribution in [1.29, 1.82) is 5.26 Å².